The predicted molar refractivity (Wildman–Crippen MR) is 108 cm³/mol. The van der Waals surface area contributed by atoms with E-state index >= 15 is 0 Å². The number of hydrogen-bond donors (Lipinski definition) is 0. The molecule has 2 saturated heterocycles. The molecule has 10 nitrogen and oxygen atoms in total. The molecule has 0 saturated carbocycles. The lowest BCUT2D eigenvalue weighted by atomic mass is 10.2. The van der Waals surface area contributed by atoms with Crippen molar-refractivity contribution < 1.29 is 23.7 Å². The Morgan fingerprint density at radius 1 is 0.900 bits per heavy atom. The summed E-state index contributed by atoms with van der Waals surface area (Å²) < 4.78 is 21.8. The molecule has 0 aliphatic carbocycles. The van der Waals surface area contributed by atoms with Crippen molar-refractivity contribution in [1.82, 2.24) is 15.0 Å². The van der Waals surface area contributed by atoms with Gasteiger partial charge in [0, 0.05) is 26.2 Å². The Kier molecular flexibility index (Phi) is 6.55. The summed E-state index contributed by atoms with van der Waals surface area (Å²) in [5.41, 5.74) is 0.461. The highest BCUT2D eigenvalue weighted by molar-refractivity contribution is 5.89. The Morgan fingerprint density at radius 3 is 1.93 bits per heavy atom. The lowest BCUT2D eigenvalue weighted by molar-refractivity contribution is 0.0526. The molecule has 4 rings (SSSR count). The molecule has 0 N–H and O–H groups in total. The number of rotatable bonds is 6. The fourth-order valence-corrected chi connectivity index (χ4v) is 3.17. The van der Waals surface area contributed by atoms with Crippen molar-refractivity contribution in [2.45, 2.75) is 6.92 Å². The molecule has 3 heterocycles. The van der Waals surface area contributed by atoms with E-state index in [4.69, 9.17) is 18.9 Å². The van der Waals surface area contributed by atoms with E-state index in [2.05, 4.69) is 24.8 Å². The molecule has 1 aromatic heterocycles. The molecular formula is C20H25N5O5. The van der Waals surface area contributed by atoms with Gasteiger partial charge in [0.25, 0.3) is 0 Å². The molecule has 0 spiro atoms. The second kappa shape index (κ2) is 9.68. The van der Waals surface area contributed by atoms with Gasteiger partial charge < -0.3 is 28.7 Å². The van der Waals surface area contributed by atoms with Crippen LogP contribution in [0.15, 0.2) is 24.3 Å². The van der Waals surface area contributed by atoms with Crippen LogP contribution in [0, 0.1) is 0 Å². The van der Waals surface area contributed by atoms with Crippen LogP contribution in [0.5, 0.6) is 11.8 Å². The van der Waals surface area contributed by atoms with Crippen LogP contribution < -0.4 is 14.5 Å². The summed E-state index contributed by atoms with van der Waals surface area (Å²) in [6, 6.07) is 6.90. The largest absolute Gasteiger partial charge is 0.462 e. The third-order valence-corrected chi connectivity index (χ3v) is 4.75. The van der Waals surface area contributed by atoms with Gasteiger partial charge in [-0.3, -0.25) is 0 Å². The average Bonchev–Trinajstić information content (AvgIpc) is 2.81. The quantitative estimate of drug-likeness (QED) is 0.646. The van der Waals surface area contributed by atoms with Crippen LogP contribution >= 0.6 is 0 Å². The molecule has 1 aromatic carbocycles. The average molecular weight is 415 g/mol. The SMILES string of the molecule is CCOC(=O)c1ccc(Oc2nc(N3CCOCC3)nc(N3CCOCC3)n2)cc1. The Balaban J connectivity index is 1.57. The van der Waals surface area contributed by atoms with Gasteiger partial charge in [0.05, 0.1) is 38.6 Å². The van der Waals surface area contributed by atoms with Gasteiger partial charge in [0.1, 0.15) is 5.75 Å². The molecule has 0 atom stereocenters. The number of esters is 1. The van der Waals surface area contributed by atoms with Crippen molar-refractivity contribution in [2.24, 2.45) is 0 Å². The maximum Gasteiger partial charge on any atom is 0.338 e. The Labute approximate surface area is 174 Å². The summed E-state index contributed by atoms with van der Waals surface area (Å²) in [5, 5.41) is 0. The highest BCUT2D eigenvalue weighted by atomic mass is 16.5. The molecule has 0 radical (unpaired) electrons. The number of carbonyl (C=O) groups excluding carboxylic acids is 1. The van der Waals surface area contributed by atoms with Gasteiger partial charge in [-0.05, 0) is 31.2 Å². The molecule has 2 fully saturated rings. The van der Waals surface area contributed by atoms with Crippen molar-refractivity contribution in [3.8, 4) is 11.8 Å². The first kappa shape index (κ1) is 20.3. The van der Waals surface area contributed by atoms with E-state index < -0.39 is 0 Å². The summed E-state index contributed by atoms with van der Waals surface area (Å²) in [6.07, 6.45) is 0. The van der Waals surface area contributed by atoms with Gasteiger partial charge in [-0.1, -0.05) is 0 Å². The number of anilines is 2. The van der Waals surface area contributed by atoms with Gasteiger partial charge >= 0.3 is 12.0 Å². The smallest absolute Gasteiger partial charge is 0.338 e. The van der Waals surface area contributed by atoms with E-state index in [-0.39, 0.29) is 12.0 Å². The minimum atomic E-state index is -0.367. The number of hydrogen-bond acceptors (Lipinski definition) is 10. The van der Waals surface area contributed by atoms with Crippen molar-refractivity contribution >= 4 is 17.9 Å². The van der Waals surface area contributed by atoms with Gasteiger partial charge in [-0.15, -0.1) is 0 Å². The van der Waals surface area contributed by atoms with E-state index in [1.807, 2.05) is 0 Å². The van der Waals surface area contributed by atoms with Crippen LogP contribution in [0.4, 0.5) is 11.9 Å². The molecule has 0 bridgehead atoms. The number of benzene rings is 1. The van der Waals surface area contributed by atoms with Crippen LogP contribution in [0.1, 0.15) is 17.3 Å². The van der Waals surface area contributed by atoms with Crippen molar-refractivity contribution in [2.75, 3.05) is 69.0 Å². The number of aromatic nitrogens is 3. The zero-order valence-electron chi connectivity index (χ0n) is 17.0. The van der Waals surface area contributed by atoms with E-state index in [9.17, 15) is 4.79 Å². The number of nitrogens with zero attached hydrogens (tertiary/aromatic N) is 5. The van der Waals surface area contributed by atoms with Gasteiger partial charge in [-0.2, -0.15) is 15.0 Å². The maximum atomic E-state index is 11.8. The third-order valence-electron chi connectivity index (χ3n) is 4.75. The first-order chi connectivity index (χ1) is 14.7. The zero-order valence-corrected chi connectivity index (χ0v) is 17.0. The van der Waals surface area contributed by atoms with Crippen LogP contribution in [0.3, 0.4) is 0 Å². The zero-order chi connectivity index (χ0) is 20.8. The topological polar surface area (TPSA) is 99.1 Å². The molecule has 0 unspecified atom stereocenters. The fraction of sp³-hybridized carbons (Fsp3) is 0.500. The second-order valence-electron chi connectivity index (χ2n) is 6.76. The lowest BCUT2D eigenvalue weighted by Crippen LogP contribution is -2.40. The third kappa shape index (κ3) is 4.95. The van der Waals surface area contributed by atoms with Crippen molar-refractivity contribution in [1.29, 1.82) is 0 Å². The second-order valence-corrected chi connectivity index (χ2v) is 6.76. The lowest BCUT2D eigenvalue weighted by Gasteiger charge is -2.30. The van der Waals surface area contributed by atoms with E-state index in [0.29, 0.717) is 82.4 Å². The minimum absolute atomic E-state index is 0.205. The van der Waals surface area contributed by atoms with Gasteiger partial charge in [-0.25, -0.2) is 4.79 Å². The van der Waals surface area contributed by atoms with Gasteiger partial charge in [0.15, 0.2) is 0 Å². The van der Waals surface area contributed by atoms with Crippen LogP contribution in [0.2, 0.25) is 0 Å². The number of morpholine rings is 2. The summed E-state index contributed by atoms with van der Waals surface area (Å²) in [7, 11) is 0. The summed E-state index contributed by atoms with van der Waals surface area (Å²) in [6.45, 7) is 7.45. The number of ether oxygens (including phenoxy) is 4. The Hall–Kier alpha value is -2.98. The minimum Gasteiger partial charge on any atom is -0.462 e. The van der Waals surface area contributed by atoms with Crippen LogP contribution in [0.25, 0.3) is 0 Å². The Morgan fingerprint density at radius 2 is 1.43 bits per heavy atom. The first-order valence-corrected chi connectivity index (χ1v) is 10.1. The predicted octanol–water partition coefficient (Wildman–Crippen LogP) is 1.51. The molecule has 160 valence electrons. The summed E-state index contributed by atoms with van der Waals surface area (Å²) >= 11 is 0. The summed E-state index contributed by atoms with van der Waals surface area (Å²) in [4.78, 5) is 29.6. The highest BCUT2D eigenvalue weighted by Gasteiger charge is 2.21. The molecule has 2 aliphatic heterocycles. The first-order valence-electron chi connectivity index (χ1n) is 10.1. The standard InChI is InChI=1S/C20H25N5O5/c1-2-29-17(26)15-3-5-16(6-4-15)30-20-22-18(24-7-11-27-12-8-24)21-19(23-20)25-9-13-28-14-10-25/h3-6H,2,7-14H2,1H3. The molecular weight excluding hydrogens is 390 g/mol. The molecule has 2 aliphatic rings. The fourth-order valence-electron chi connectivity index (χ4n) is 3.17. The van der Waals surface area contributed by atoms with Crippen LogP contribution in [-0.4, -0.2) is 80.1 Å². The van der Waals surface area contributed by atoms with Crippen molar-refractivity contribution in [3.05, 3.63) is 29.8 Å². The normalized spacial score (nSPS) is 17.0. The Bertz CT molecular complexity index is 815. The molecule has 2 aromatic rings. The monoisotopic (exact) mass is 415 g/mol. The number of carbonyl (C=O) groups is 1. The molecule has 30 heavy (non-hydrogen) atoms. The maximum absolute atomic E-state index is 11.8. The van der Waals surface area contributed by atoms with E-state index in [1.165, 1.54) is 0 Å². The molecule has 0 amide bonds. The van der Waals surface area contributed by atoms with Crippen molar-refractivity contribution in [3.63, 3.8) is 0 Å². The highest BCUT2D eigenvalue weighted by Crippen LogP contribution is 2.24. The van der Waals surface area contributed by atoms with E-state index in [1.54, 1.807) is 31.2 Å². The summed E-state index contributed by atoms with van der Waals surface area (Å²) in [5.74, 6) is 1.28. The van der Waals surface area contributed by atoms with Crippen LogP contribution in [-0.2, 0) is 14.2 Å². The van der Waals surface area contributed by atoms with E-state index in [0.717, 1.165) is 0 Å². The van der Waals surface area contributed by atoms with Gasteiger partial charge in [0.2, 0.25) is 11.9 Å². The molecule has 10 heteroatoms.